The van der Waals surface area contributed by atoms with E-state index in [-0.39, 0.29) is 5.97 Å². The van der Waals surface area contributed by atoms with Gasteiger partial charge in [-0.05, 0) is 43.5 Å². The van der Waals surface area contributed by atoms with E-state index in [4.69, 9.17) is 4.74 Å². The van der Waals surface area contributed by atoms with Crippen LogP contribution in [0.3, 0.4) is 0 Å². The lowest BCUT2D eigenvalue weighted by atomic mass is 9.82. The molecule has 92 valence electrons. The molecule has 1 N–H and O–H groups in total. The van der Waals surface area contributed by atoms with Crippen molar-refractivity contribution in [3.05, 3.63) is 34.3 Å². The Labute approximate surface area is 110 Å². The van der Waals surface area contributed by atoms with Gasteiger partial charge in [0.15, 0.2) is 0 Å². The number of benzene rings is 1. The van der Waals surface area contributed by atoms with Gasteiger partial charge in [0.2, 0.25) is 0 Å². The van der Waals surface area contributed by atoms with Crippen LogP contribution in [-0.2, 0) is 15.1 Å². The third-order valence-corrected chi connectivity index (χ3v) is 3.75. The Morgan fingerprint density at radius 2 is 2.29 bits per heavy atom. The SMILES string of the molecule is COC(=O)C1(c2cccc(Br)c2)CCCCN1. The van der Waals surface area contributed by atoms with Gasteiger partial charge in [0.1, 0.15) is 5.54 Å². The highest BCUT2D eigenvalue weighted by molar-refractivity contribution is 9.10. The highest BCUT2D eigenvalue weighted by atomic mass is 79.9. The molecule has 4 heteroatoms. The summed E-state index contributed by atoms with van der Waals surface area (Å²) in [5.74, 6) is -0.199. The Bertz CT molecular complexity index is 414. The maximum Gasteiger partial charge on any atom is 0.330 e. The summed E-state index contributed by atoms with van der Waals surface area (Å²) in [6.45, 7) is 0.849. The van der Waals surface area contributed by atoms with Gasteiger partial charge in [-0.25, -0.2) is 4.79 Å². The number of carbonyl (C=O) groups excluding carboxylic acids is 1. The monoisotopic (exact) mass is 297 g/mol. The molecule has 1 aromatic carbocycles. The van der Waals surface area contributed by atoms with Crippen LogP contribution in [0.15, 0.2) is 28.7 Å². The third-order valence-electron chi connectivity index (χ3n) is 3.26. The smallest absolute Gasteiger partial charge is 0.330 e. The first-order valence-electron chi connectivity index (χ1n) is 5.78. The average molecular weight is 298 g/mol. The predicted molar refractivity (Wildman–Crippen MR) is 69.7 cm³/mol. The summed E-state index contributed by atoms with van der Waals surface area (Å²) in [4.78, 5) is 12.1. The van der Waals surface area contributed by atoms with E-state index in [9.17, 15) is 4.79 Å². The molecule has 1 aliphatic heterocycles. The second kappa shape index (κ2) is 5.19. The zero-order chi connectivity index (χ0) is 12.3. The number of ether oxygens (including phenoxy) is 1. The number of methoxy groups -OCH3 is 1. The number of carbonyl (C=O) groups is 1. The Balaban J connectivity index is 2.42. The van der Waals surface area contributed by atoms with Crippen LogP contribution >= 0.6 is 15.9 Å². The molecule has 0 aliphatic carbocycles. The highest BCUT2D eigenvalue weighted by Crippen LogP contribution is 2.32. The van der Waals surface area contributed by atoms with Crippen molar-refractivity contribution in [2.24, 2.45) is 0 Å². The molecule has 0 radical (unpaired) electrons. The van der Waals surface area contributed by atoms with Gasteiger partial charge in [0.25, 0.3) is 0 Å². The maximum atomic E-state index is 12.1. The summed E-state index contributed by atoms with van der Waals surface area (Å²) in [7, 11) is 1.44. The molecule has 1 fully saturated rings. The molecule has 0 saturated carbocycles. The molecule has 1 heterocycles. The molecule has 0 amide bonds. The molecular formula is C13H16BrNO2. The molecule has 1 saturated heterocycles. The number of hydrogen-bond acceptors (Lipinski definition) is 3. The summed E-state index contributed by atoms with van der Waals surface area (Å²) in [5.41, 5.74) is 0.301. The van der Waals surface area contributed by atoms with Gasteiger partial charge in [0.05, 0.1) is 7.11 Å². The van der Waals surface area contributed by atoms with Crippen LogP contribution < -0.4 is 5.32 Å². The predicted octanol–water partition coefficient (Wildman–Crippen LogP) is 2.59. The summed E-state index contributed by atoms with van der Waals surface area (Å²) >= 11 is 3.44. The molecule has 17 heavy (non-hydrogen) atoms. The molecular weight excluding hydrogens is 282 g/mol. The standard InChI is InChI=1S/C13H16BrNO2/c1-17-12(16)13(7-2-3-8-15-13)10-5-4-6-11(14)9-10/h4-6,9,15H,2-3,7-8H2,1H3. The van der Waals surface area contributed by atoms with Crippen molar-refractivity contribution in [2.45, 2.75) is 24.8 Å². The Kier molecular flexibility index (Phi) is 3.84. The van der Waals surface area contributed by atoms with Gasteiger partial charge in [-0.15, -0.1) is 0 Å². The first-order chi connectivity index (χ1) is 8.19. The number of halogens is 1. The number of hydrogen-bond donors (Lipinski definition) is 1. The van der Waals surface area contributed by atoms with Gasteiger partial charge >= 0.3 is 5.97 Å². The summed E-state index contributed by atoms with van der Waals surface area (Å²) in [6.07, 6.45) is 2.93. The van der Waals surface area contributed by atoms with Crippen molar-refractivity contribution in [1.82, 2.24) is 5.32 Å². The molecule has 2 rings (SSSR count). The molecule has 1 atom stereocenters. The number of rotatable bonds is 2. The van der Waals surface area contributed by atoms with E-state index >= 15 is 0 Å². The van der Waals surface area contributed by atoms with Crippen LogP contribution in [-0.4, -0.2) is 19.6 Å². The van der Waals surface area contributed by atoms with Gasteiger partial charge in [-0.2, -0.15) is 0 Å². The Morgan fingerprint density at radius 3 is 2.88 bits per heavy atom. The lowest BCUT2D eigenvalue weighted by Gasteiger charge is -2.36. The van der Waals surface area contributed by atoms with Gasteiger partial charge < -0.3 is 4.74 Å². The molecule has 3 nitrogen and oxygen atoms in total. The van der Waals surface area contributed by atoms with Crippen molar-refractivity contribution in [1.29, 1.82) is 0 Å². The van der Waals surface area contributed by atoms with Crippen LogP contribution in [0.1, 0.15) is 24.8 Å². The van der Waals surface area contributed by atoms with Gasteiger partial charge in [-0.3, -0.25) is 5.32 Å². The van der Waals surface area contributed by atoms with E-state index in [1.807, 2.05) is 24.3 Å². The molecule has 1 unspecified atom stereocenters. The van der Waals surface area contributed by atoms with E-state index in [1.165, 1.54) is 7.11 Å². The lowest BCUT2D eigenvalue weighted by Crippen LogP contribution is -2.52. The van der Waals surface area contributed by atoms with Crippen LogP contribution in [0.4, 0.5) is 0 Å². The van der Waals surface area contributed by atoms with Crippen molar-refractivity contribution >= 4 is 21.9 Å². The fraction of sp³-hybridized carbons (Fsp3) is 0.462. The molecule has 0 spiro atoms. The molecule has 0 bridgehead atoms. The minimum absolute atomic E-state index is 0.199. The molecule has 1 aromatic rings. The van der Waals surface area contributed by atoms with Crippen molar-refractivity contribution < 1.29 is 9.53 Å². The minimum Gasteiger partial charge on any atom is -0.467 e. The first kappa shape index (κ1) is 12.6. The fourth-order valence-corrected chi connectivity index (χ4v) is 2.77. The van der Waals surface area contributed by atoms with Crippen molar-refractivity contribution in [3.8, 4) is 0 Å². The van der Waals surface area contributed by atoms with Gasteiger partial charge in [-0.1, -0.05) is 28.1 Å². The van der Waals surface area contributed by atoms with E-state index in [1.54, 1.807) is 0 Å². The van der Waals surface area contributed by atoms with E-state index in [0.29, 0.717) is 0 Å². The third kappa shape index (κ3) is 2.38. The number of nitrogens with one attached hydrogen (secondary N) is 1. The minimum atomic E-state index is -0.670. The van der Waals surface area contributed by atoms with Crippen LogP contribution in [0, 0.1) is 0 Å². The topological polar surface area (TPSA) is 38.3 Å². The van der Waals surface area contributed by atoms with Crippen LogP contribution in [0.25, 0.3) is 0 Å². The van der Waals surface area contributed by atoms with Crippen molar-refractivity contribution in [3.63, 3.8) is 0 Å². The average Bonchev–Trinajstić information content (AvgIpc) is 2.38. The second-order valence-corrected chi connectivity index (χ2v) is 5.21. The number of piperidine rings is 1. The summed E-state index contributed by atoms with van der Waals surface area (Å²) < 4.78 is 5.95. The quantitative estimate of drug-likeness (QED) is 0.853. The van der Waals surface area contributed by atoms with E-state index in [2.05, 4.69) is 21.2 Å². The number of esters is 1. The fourth-order valence-electron chi connectivity index (χ4n) is 2.37. The second-order valence-electron chi connectivity index (χ2n) is 4.29. The van der Waals surface area contributed by atoms with Gasteiger partial charge in [0, 0.05) is 4.47 Å². The van der Waals surface area contributed by atoms with Crippen LogP contribution in [0.2, 0.25) is 0 Å². The lowest BCUT2D eigenvalue weighted by molar-refractivity contribution is -0.150. The normalized spacial score (nSPS) is 24.4. The maximum absolute atomic E-state index is 12.1. The highest BCUT2D eigenvalue weighted by Gasteiger charge is 2.42. The zero-order valence-electron chi connectivity index (χ0n) is 9.83. The Hall–Kier alpha value is -0.870. The first-order valence-corrected chi connectivity index (χ1v) is 6.58. The van der Waals surface area contributed by atoms with E-state index < -0.39 is 5.54 Å². The van der Waals surface area contributed by atoms with Crippen LogP contribution in [0.5, 0.6) is 0 Å². The largest absolute Gasteiger partial charge is 0.467 e. The molecule has 0 aromatic heterocycles. The molecule has 1 aliphatic rings. The van der Waals surface area contributed by atoms with E-state index in [0.717, 1.165) is 35.8 Å². The Morgan fingerprint density at radius 1 is 1.47 bits per heavy atom. The zero-order valence-corrected chi connectivity index (χ0v) is 11.4. The summed E-state index contributed by atoms with van der Waals surface area (Å²) in [5, 5.41) is 3.33. The summed E-state index contributed by atoms with van der Waals surface area (Å²) in [6, 6.07) is 7.85. The van der Waals surface area contributed by atoms with Crippen molar-refractivity contribution in [2.75, 3.05) is 13.7 Å².